The Morgan fingerprint density at radius 3 is 2.83 bits per heavy atom. The molecule has 8 nitrogen and oxygen atoms in total. The predicted molar refractivity (Wildman–Crippen MR) is 120 cm³/mol. The third-order valence-corrected chi connectivity index (χ3v) is 6.71. The minimum Gasteiger partial charge on any atom is -0.465 e. The molecule has 3 heterocycles. The largest absolute Gasteiger partial charge is 0.465 e. The van der Waals surface area contributed by atoms with Crippen LogP contribution >= 0.6 is 0 Å². The van der Waals surface area contributed by atoms with E-state index in [9.17, 15) is 4.79 Å². The van der Waals surface area contributed by atoms with Crippen LogP contribution in [0.15, 0.2) is 9.98 Å². The third kappa shape index (κ3) is 5.58. The molecule has 0 bridgehead atoms. The van der Waals surface area contributed by atoms with Crippen LogP contribution in [-0.4, -0.2) is 60.1 Å². The normalized spacial score (nSPS) is 29.6. The molecule has 0 spiro atoms. The molecule has 0 aliphatic carbocycles. The number of unbranched alkanes of at least 4 members (excludes halogenated alkanes) is 4. The first-order valence-corrected chi connectivity index (χ1v) is 11.9. The number of aliphatic imine (C=N–C) groups is 2. The Hall–Kier alpha value is -1.99. The van der Waals surface area contributed by atoms with Crippen LogP contribution in [0.5, 0.6) is 0 Å². The summed E-state index contributed by atoms with van der Waals surface area (Å²) in [6, 6.07) is 1.18. The Balaban J connectivity index is 1.52. The summed E-state index contributed by atoms with van der Waals surface area (Å²) in [7, 11) is 0. The van der Waals surface area contributed by atoms with E-state index in [-0.39, 0.29) is 29.9 Å². The highest BCUT2D eigenvalue weighted by atomic mass is 16.5. The molecule has 0 amide bonds. The van der Waals surface area contributed by atoms with Crippen molar-refractivity contribution in [2.45, 2.75) is 102 Å². The van der Waals surface area contributed by atoms with E-state index in [0.29, 0.717) is 25.2 Å². The zero-order valence-electron chi connectivity index (χ0n) is 18.7. The number of carbonyl (C=O) groups is 1. The van der Waals surface area contributed by atoms with Crippen molar-refractivity contribution in [2.24, 2.45) is 27.4 Å². The van der Waals surface area contributed by atoms with Crippen molar-refractivity contribution in [3.63, 3.8) is 0 Å². The second-order valence-electron chi connectivity index (χ2n) is 9.03. The molecule has 5 atom stereocenters. The van der Waals surface area contributed by atoms with Gasteiger partial charge in [-0.2, -0.15) is 0 Å². The number of esters is 1. The zero-order valence-corrected chi connectivity index (χ0v) is 18.7. The van der Waals surface area contributed by atoms with E-state index in [4.69, 9.17) is 21.2 Å². The number of guanidine groups is 2. The minimum absolute atomic E-state index is 0.0551. The highest BCUT2D eigenvalue weighted by molar-refractivity contribution is 5.86. The van der Waals surface area contributed by atoms with Gasteiger partial charge < -0.3 is 26.4 Å². The maximum Gasteiger partial charge on any atom is 0.313 e. The van der Waals surface area contributed by atoms with Crippen LogP contribution in [-0.2, 0) is 9.53 Å². The predicted octanol–water partition coefficient (Wildman–Crippen LogP) is 2.12. The van der Waals surface area contributed by atoms with Gasteiger partial charge in [-0.1, -0.05) is 32.6 Å². The maximum atomic E-state index is 12.9. The first-order valence-electron chi connectivity index (χ1n) is 11.9. The quantitative estimate of drug-likeness (QED) is 0.204. The van der Waals surface area contributed by atoms with E-state index in [1.54, 1.807) is 0 Å². The second kappa shape index (κ2) is 10.9. The fourth-order valence-corrected chi connectivity index (χ4v) is 5.22. The number of rotatable bonds is 11. The average molecular weight is 421 g/mol. The zero-order chi connectivity index (χ0) is 21.5. The SMILES string of the molecule is CCCCCC[C@@H]1C[C@@H]2CC[C@H]3[C@@H](C(=O)OCCCCN=C(N)N)[C@@H](C)N=C(N1)N23. The first-order chi connectivity index (χ1) is 14.5. The van der Waals surface area contributed by atoms with Crippen LogP contribution in [0, 0.1) is 5.92 Å². The lowest BCUT2D eigenvalue weighted by atomic mass is 9.89. The number of ether oxygens (including phenoxy) is 1. The monoisotopic (exact) mass is 420 g/mol. The Morgan fingerprint density at radius 2 is 2.07 bits per heavy atom. The average Bonchev–Trinajstić information content (AvgIpc) is 3.12. The van der Waals surface area contributed by atoms with Crippen molar-refractivity contribution in [1.29, 1.82) is 0 Å². The molecule has 0 saturated carbocycles. The van der Waals surface area contributed by atoms with Crippen LogP contribution in [0.4, 0.5) is 0 Å². The molecule has 0 aromatic carbocycles. The second-order valence-corrected chi connectivity index (χ2v) is 9.03. The maximum absolute atomic E-state index is 12.9. The van der Waals surface area contributed by atoms with Crippen LogP contribution < -0.4 is 16.8 Å². The summed E-state index contributed by atoms with van der Waals surface area (Å²) in [5, 5.41) is 3.69. The summed E-state index contributed by atoms with van der Waals surface area (Å²) < 4.78 is 5.62. The molecule has 5 N–H and O–H groups in total. The highest BCUT2D eigenvalue weighted by Crippen LogP contribution is 2.39. The van der Waals surface area contributed by atoms with Crippen LogP contribution in [0.1, 0.15) is 78.1 Å². The van der Waals surface area contributed by atoms with Gasteiger partial charge >= 0.3 is 5.97 Å². The summed E-state index contributed by atoms with van der Waals surface area (Å²) in [4.78, 5) is 24.1. The molecule has 0 aromatic rings. The number of nitrogens with zero attached hydrogens (tertiary/aromatic N) is 3. The molecule has 0 aromatic heterocycles. The van der Waals surface area contributed by atoms with E-state index in [1.807, 2.05) is 0 Å². The van der Waals surface area contributed by atoms with Gasteiger partial charge in [0.25, 0.3) is 0 Å². The molecule has 0 radical (unpaired) electrons. The van der Waals surface area contributed by atoms with E-state index in [0.717, 1.165) is 38.1 Å². The first kappa shape index (κ1) is 22.7. The molecule has 170 valence electrons. The Morgan fingerprint density at radius 1 is 1.23 bits per heavy atom. The highest BCUT2D eigenvalue weighted by Gasteiger charge is 2.50. The number of nitrogens with one attached hydrogen (secondary N) is 1. The Labute approximate surface area is 180 Å². The van der Waals surface area contributed by atoms with E-state index < -0.39 is 0 Å². The fraction of sp³-hybridized carbons (Fsp3) is 0.864. The van der Waals surface area contributed by atoms with Gasteiger partial charge in [-0.3, -0.25) is 9.79 Å². The van der Waals surface area contributed by atoms with Gasteiger partial charge in [-0.15, -0.1) is 0 Å². The van der Waals surface area contributed by atoms with E-state index in [2.05, 4.69) is 29.1 Å². The van der Waals surface area contributed by atoms with Crippen LogP contribution in [0.25, 0.3) is 0 Å². The van der Waals surface area contributed by atoms with Gasteiger partial charge in [0.05, 0.1) is 18.6 Å². The van der Waals surface area contributed by atoms with Crippen molar-refractivity contribution in [2.75, 3.05) is 13.2 Å². The third-order valence-electron chi connectivity index (χ3n) is 6.71. The Bertz CT molecular complexity index is 633. The summed E-state index contributed by atoms with van der Waals surface area (Å²) in [6.07, 6.45) is 11.3. The fourth-order valence-electron chi connectivity index (χ4n) is 5.22. The van der Waals surface area contributed by atoms with Crippen molar-refractivity contribution in [1.82, 2.24) is 10.2 Å². The van der Waals surface area contributed by atoms with Crippen molar-refractivity contribution >= 4 is 17.9 Å². The minimum atomic E-state index is -0.181. The summed E-state index contributed by atoms with van der Waals surface area (Å²) in [6.45, 7) is 5.28. The van der Waals surface area contributed by atoms with Crippen molar-refractivity contribution in [3.8, 4) is 0 Å². The van der Waals surface area contributed by atoms with E-state index in [1.165, 1.54) is 32.1 Å². The lowest BCUT2D eigenvalue weighted by Gasteiger charge is -2.46. The molecular weight excluding hydrogens is 380 g/mol. The molecule has 3 rings (SSSR count). The molecule has 3 aliphatic heterocycles. The molecule has 0 unspecified atom stereocenters. The van der Waals surface area contributed by atoms with Gasteiger partial charge in [0.1, 0.15) is 0 Å². The molecular formula is C22H40N6O2. The lowest BCUT2D eigenvalue weighted by molar-refractivity contribution is -0.151. The lowest BCUT2D eigenvalue weighted by Crippen LogP contribution is -2.63. The van der Waals surface area contributed by atoms with Gasteiger partial charge in [0, 0.05) is 24.7 Å². The summed E-state index contributed by atoms with van der Waals surface area (Å²) in [5.41, 5.74) is 10.6. The van der Waals surface area contributed by atoms with Crippen molar-refractivity contribution in [3.05, 3.63) is 0 Å². The van der Waals surface area contributed by atoms with Crippen LogP contribution in [0.3, 0.4) is 0 Å². The molecule has 3 aliphatic rings. The standard InChI is InChI=1S/C22H40N6O2/c1-3-4-5-6-9-16-14-17-10-11-18-19(15(2)26-22(27-16)28(17)18)20(29)30-13-8-7-12-25-21(23)24/h15-19H,3-14H2,1-2H3,(H,26,27)(H4,23,24,25)/t15-,16-,17+,18+,19+/m1/s1. The number of hydrogen-bond acceptors (Lipinski definition) is 6. The topological polar surface area (TPSA) is 118 Å². The van der Waals surface area contributed by atoms with Gasteiger partial charge in [-0.05, 0) is 45.4 Å². The summed E-state index contributed by atoms with van der Waals surface area (Å²) in [5.74, 6) is 0.827. The van der Waals surface area contributed by atoms with Gasteiger partial charge in [-0.25, -0.2) is 4.99 Å². The number of nitrogens with two attached hydrogens (primary N) is 2. The molecule has 2 saturated heterocycles. The molecule has 30 heavy (non-hydrogen) atoms. The Kier molecular flexibility index (Phi) is 8.22. The van der Waals surface area contributed by atoms with Crippen molar-refractivity contribution < 1.29 is 9.53 Å². The van der Waals surface area contributed by atoms with E-state index >= 15 is 0 Å². The van der Waals surface area contributed by atoms with Crippen LogP contribution in [0.2, 0.25) is 0 Å². The summed E-state index contributed by atoms with van der Waals surface area (Å²) >= 11 is 0. The number of hydrogen-bond donors (Lipinski definition) is 3. The molecule has 8 heteroatoms. The van der Waals surface area contributed by atoms with Gasteiger partial charge in [0.15, 0.2) is 11.9 Å². The number of carbonyl (C=O) groups excluding carboxylic acids is 1. The van der Waals surface area contributed by atoms with Gasteiger partial charge in [0.2, 0.25) is 0 Å². The molecule has 2 fully saturated rings. The smallest absolute Gasteiger partial charge is 0.313 e.